The van der Waals surface area contributed by atoms with Crippen molar-refractivity contribution in [3.8, 4) is 0 Å². The Morgan fingerprint density at radius 2 is 2.00 bits per heavy atom. The predicted molar refractivity (Wildman–Crippen MR) is 73.7 cm³/mol. The zero-order chi connectivity index (χ0) is 14.8. The van der Waals surface area contributed by atoms with E-state index in [-0.39, 0.29) is 0 Å². The molecule has 0 atom stereocenters. The van der Waals surface area contributed by atoms with Gasteiger partial charge in [-0.15, -0.1) is 0 Å². The molecule has 1 N–H and O–H groups in total. The zero-order valence-corrected chi connectivity index (χ0v) is 11.5. The Morgan fingerprint density at radius 3 is 2.70 bits per heavy atom. The highest BCUT2D eigenvalue weighted by Crippen LogP contribution is 2.29. The first-order chi connectivity index (χ1) is 9.54. The monoisotopic (exact) mass is 287 g/mol. The van der Waals surface area contributed by atoms with Gasteiger partial charge in [0.25, 0.3) is 0 Å². The summed E-state index contributed by atoms with van der Waals surface area (Å²) in [5.41, 5.74) is 0.0769. The second kappa shape index (κ2) is 8.76. The molecule has 112 valence electrons. The average Bonchev–Trinajstić information content (AvgIpc) is 2.41. The van der Waals surface area contributed by atoms with Crippen LogP contribution in [0.4, 0.5) is 13.2 Å². The van der Waals surface area contributed by atoms with Gasteiger partial charge in [0.1, 0.15) is 0 Å². The van der Waals surface area contributed by atoms with E-state index in [4.69, 9.17) is 4.74 Å². The van der Waals surface area contributed by atoms with Crippen LogP contribution in [-0.2, 0) is 17.3 Å². The molecular formula is C15H20F3NO. The molecule has 0 fully saturated rings. The molecule has 0 saturated carbocycles. The Bertz CT molecular complexity index is 416. The summed E-state index contributed by atoms with van der Waals surface area (Å²) in [5.74, 6) is 0. The van der Waals surface area contributed by atoms with E-state index in [1.807, 2.05) is 12.2 Å². The molecule has 0 aliphatic rings. The van der Waals surface area contributed by atoms with Crippen LogP contribution in [0.2, 0.25) is 0 Å². The summed E-state index contributed by atoms with van der Waals surface area (Å²) in [4.78, 5) is 0. The van der Waals surface area contributed by atoms with Crippen molar-refractivity contribution in [3.63, 3.8) is 0 Å². The summed E-state index contributed by atoms with van der Waals surface area (Å²) >= 11 is 0. The van der Waals surface area contributed by atoms with E-state index in [1.54, 1.807) is 13.2 Å². The number of allylic oxidation sites excluding steroid dienone is 1. The van der Waals surface area contributed by atoms with Crippen LogP contribution < -0.4 is 5.32 Å². The number of halogens is 3. The maximum atomic E-state index is 12.5. The van der Waals surface area contributed by atoms with Gasteiger partial charge in [0.2, 0.25) is 0 Å². The van der Waals surface area contributed by atoms with Gasteiger partial charge in [0, 0.05) is 13.7 Å². The predicted octanol–water partition coefficient (Wildman–Crippen LogP) is 3.43. The molecule has 5 heteroatoms. The Morgan fingerprint density at radius 1 is 1.20 bits per heavy atom. The molecule has 0 heterocycles. The SMILES string of the molecule is COCCNCCC=CCc1cccc(C(F)(F)F)c1. The topological polar surface area (TPSA) is 21.3 Å². The van der Waals surface area contributed by atoms with Crippen LogP contribution in [0.5, 0.6) is 0 Å². The molecule has 0 amide bonds. The third-order valence-electron chi connectivity index (χ3n) is 2.75. The maximum absolute atomic E-state index is 12.5. The van der Waals surface area contributed by atoms with Crippen LogP contribution in [0.3, 0.4) is 0 Å². The molecule has 0 aliphatic carbocycles. The van der Waals surface area contributed by atoms with Crippen molar-refractivity contribution >= 4 is 0 Å². The number of benzene rings is 1. The van der Waals surface area contributed by atoms with Gasteiger partial charge >= 0.3 is 6.18 Å². The van der Waals surface area contributed by atoms with Crippen LogP contribution in [0, 0.1) is 0 Å². The van der Waals surface area contributed by atoms with Crippen molar-refractivity contribution < 1.29 is 17.9 Å². The third kappa shape index (κ3) is 6.73. The van der Waals surface area contributed by atoms with Crippen molar-refractivity contribution in [3.05, 3.63) is 47.5 Å². The minimum absolute atomic E-state index is 0.516. The number of methoxy groups -OCH3 is 1. The molecule has 2 nitrogen and oxygen atoms in total. The second-order valence-electron chi connectivity index (χ2n) is 4.41. The van der Waals surface area contributed by atoms with E-state index in [1.165, 1.54) is 12.1 Å². The van der Waals surface area contributed by atoms with E-state index in [9.17, 15) is 13.2 Å². The van der Waals surface area contributed by atoms with Crippen molar-refractivity contribution in [2.75, 3.05) is 26.8 Å². The molecule has 0 spiro atoms. The quantitative estimate of drug-likeness (QED) is 0.584. The number of hydrogen-bond acceptors (Lipinski definition) is 2. The molecule has 1 rings (SSSR count). The van der Waals surface area contributed by atoms with Crippen LogP contribution >= 0.6 is 0 Å². The number of nitrogens with one attached hydrogen (secondary N) is 1. The summed E-state index contributed by atoms with van der Waals surface area (Å²) < 4.78 is 42.5. The van der Waals surface area contributed by atoms with Gasteiger partial charge in [-0.2, -0.15) is 13.2 Å². The number of alkyl halides is 3. The van der Waals surface area contributed by atoms with Gasteiger partial charge in [-0.3, -0.25) is 0 Å². The fourth-order valence-corrected chi connectivity index (χ4v) is 1.70. The van der Waals surface area contributed by atoms with Gasteiger partial charge in [0.05, 0.1) is 12.2 Å². The molecule has 1 aromatic carbocycles. The minimum atomic E-state index is -4.27. The standard InChI is InChI=1S/C15H20F3NO/c1-20-11-10-19-9-4-2-3-6-13-7-5-8-14(12-13)15(16,17)18/h2-3,5,7-8,12,19H,4,6,9-11H2,1H3. The molecule has 0 aromatic heterocycles. The molecule has 0 aliphatic heterocycles. The lowest BCUT2D eigenvalue weighted by molar-refractivity contribution is -0.137. The smallest absolute Gasteiger partial charge is 0.383 e. The van der Waals surface area contributed by atoms with E-state index in [2.05, 4.69) is 5.32 Å². The van der Waals surface area contributed by atoms with Gasteiger partial charge in [-0.1, -0.05) is 30.4 Å². The van der Waals surface area contributed by atoms with Gasteiger partial charge in [-0.05, 0) is 31.0 Å². The number of ether oxygens (including phenoxy) is 1. The molecular weight excluding hydrogens is 267 g/mol. The van der Waals surface area contributed by atoms with Crippen LogP contribution in [0.1, 0.15) is 17.5 Å². The Balaban J connectivity index is 2.31. The van der Waals surface area contributed by atoms with E-state index >= 15 is 0 Å². The van der Waals surface area contributed by atoms with Crippen LogP contribution in [0.15, 0.2) is 36.4 Å². The summed E-state index contributed by atoms with van der Waals surface area (Å²) in [6.45, 7) is 2.31. The first kappa shape index (κ1) is 16.7. The van der Waals surface area contributed by atoms with E-state index < -0.39 is 11.7 Å². The maximum Gasteiger partial charge on any atom is 0.416 e. The Hall–Kier alpha value is -1.33. The highest BCUT2D eigenvalue weighted by Gasteiger charge is 2.30. The molecule has 0 unspecified atom stereocenters. The van der Waals surface area contributed by atoms with Crippen molar-refractivity contribution in [2.24, 2.45) is 0 Å². The lowest BCUT2D eigenvalue weighted by Gasteiger charge is -2.07. The lowest BCUT2D eigenvalue weighted by Crippen LogP contribution is -2.19. The summed E-state index contributed by atoms with van der Waals surface area (Å²) in [6, 6.07) is 5.43. The largest absolute Gasteiger partial charge is 0.416 e. The molecule has 1 aromatic rings. The zero-order valence-electron chi connectivity index (χ0n) is 11.5. The minimum Gasteiger partial charge on any atom is -0.383 e. The fourth-order valence-electron chi connectivity index (χ4n) is 1.70. The van der Waals surface area contributed by atoms with Crippen molar-refractivity contribution in [2.45, 2.75) is 19.0 Å². The molecule has 0 saturated heterocycles. The van der Waals surface area contributed by atoms with E-state index in [0.717, 1.165) is 25.6 Å². The Kier molecular flexibility index (Phi) is 7.33. The molecule has 20 heavy (non-hydrogen) atoms. The third-order valence-corrected chi connectivity index (χ3v) is 2.75. The second-order valence-corrected chi connectivity index (χ2v) is 4.41. The first-order valence-corrected chi connectivity index (χ1v) is 6.55. The summed E-state index contributed by atoms with van der Waals surface area (Å²) in [7, 11) is 1.65. The van der Waals surface area contributed by atoms with E-state index in [0.29, 0.717) is 18.6 Å². The summed E-state index contributed by atoms with van der Waals surface area (Å²) in [5, 5.41) is 3.19. The molecule has 0 radical (unpaired) electrons. The van der Waals surface area contributed by atoms with Crippen molar-refractivity contribution in [1.29, 1.82) is 0 Å². The van der Waals surface area contributed by atoms with Gasteiger partial charge < -0.3 is 10.1 Å². The fraction of sp³-hybridized carbons (Fsp3) is 0.467. The Labute approximate surface area is 117 Å². The normalized spacial score (nSPS) is 12.2. The van der Waals surface area contributed by atoms with Crippen LogP contribution in [-0.4, -0.2) is 26.8 Å². The highest BCUT2D eigenvalue weighted by atomic mass is 19.4. The van der Waals surface area contributed by atoms with Gasteiger partial charge in [-0.25, -0.2) is 0 Å². The van der Waals surface area contributed by atoms with Crippen molar-refractivity contribution in [1.82, 2.24) is 5.32 Å². The first-order valence-electron chi connectivity index (χ1n) is 6.55. The van der Waals surface area contributed by atoms with Gasteiger partial charge in [0.15, 0.2) is 0 Å². The van der Waals surface area contributed by atoms with Crippen LogP contribution in [0.25, 0.3) is 0 Å². The molecule has 0 bridgehead atoms. The summed E-state index contributed by atoms with van der Waals surface area (Å²) in [6.07, 6.45) is 0.962. The average molecular weight is 287 g/mol. The number of hydrogen-bond donors (Lipinski definition) is 1. The number of rotatable bonds is 8. The lowest BCUT2D eigenvalue weighted by atomic mass is 10.1. The highest BCUT2D eigenvalue weighted by molar-refractivity contribution is 5.27.